The molecule has 3 N–H and O–H groups in total. The van der Waals surface area contributed by atoms with Crippen molar-refractivity contribution in [1.29, 1.82) is 0 Å². The number of rotatable bonds is 10. The molecule has 0 fully saturated rings. The monoisotopic (exact) mass is 333 g/mol. The lowest BCUT2D eigenvalue weighted by Crippen LogP contribution is -2.40. The zero-order chi connectivity index (χ0) is 13.3. The van der Waals surface area contributed by atoms with Crippen molar-refractivity contribution < 1.29 is 24.6 Å². The average molecular weight is 334 g/mol. The largest absolute Gasteiger partial charge is 0.481 e. The molecular formula is C10H20ClNO5S2. The molecule has 0 aromatic carbocycles. The maximum Gasteiger partial charge on any atom is 0.320 e. The van der Waals surface area contributed by atoms with E-state index in [1.54, 1.807) is 0 Å². The third-order valence-corrected chi connectivity index (χ3v) is 2.72. The van der Waals surface area contributed by atoms with Crippen LogP contribution in [0.3, 0.4) is 0 Å². The van der Waals surface area contributed by atoms with E-state index in [4.69, 9.17) is 10.2 Å². The van der Waals surface area contributed by atoms with Crippen LogP contribution < -0.4 is 5.32 Å². The van der Waals surface area contributed by atoms with Crippen LogP contribution in [0.5, 0.6) is 0 Å². The van der Waals surface area contributed by atoms with Gasteiger partial charge in [0.2, 0.25) is 0 Å². The third-order valence-electron chi connectivity index (χ3n) is 2.07. The molecule has 6 nitrogen and oxygen atoms in total. The summed E-state index contributed by atoms with van der Waals surface area (Å²) in [5.41, 5.74) is 0. The zero-order valence-corrected chi connectivity index (χ0v) is 13.2. The summed E-state index contributed by atoms with van der Waals surface area (Å²) >= 11 is 1.53. The van der Waals surface area contributed by atoms with Gasteiger partial charge in [-0.1, -0.05) is 0 Å². The Morgan fingerprint density at radius 2 is 1.79 bits per heavy atom. The SMILES string of the molecule is CSCC[C@H](NCC(=O)CCC(=O)O)C(=O)O.Cl.S. The fourth-order valence-corrected chi connectivity index (χ4v) is 1.59. The van der Waals surface area contributed by atoms with Gasteiger partial charge in [0.1, 0.15) is 11.8 Å². The van der Waals surface area contributed by atoms with Crippen LogP contribution in [0.25, 0.3) is 0 Å². The van der Waals surface area contributed by atoms with Gasteiger partial charge in [-0.3, -0.25) is 19.7 Å². The fraction of sp³-hybridized carbons (Fsp3) is 0.700. The third kappa shape index (κ3) is 13.8. The summed E-state index contributed by atoms with van der Waals surface area (Å²) in [4.78, 5) is 32.3. The number of carboxylic acids is 2. The van der Waals surface area contributed by atoms with Crippen molar-refractivity contribution in [2.45, 2.75) is 25.3 Å². The first-order valence-corrected chi connectivity index (χ1v) is 6.55. The van der Waals surface area contributed by atoms with Crippen molar-refractivity contribution >= 4 is 55.4 Å². The Morgan fingerprint density at radius 1 is 1.21 bits per heavy atom. The van der Waals surface area contributed by atoms with E-state index >= 15 is 0 Å². The van der Waals surface area contributed by atoms with Crippen LogP contribution >= 0.6 is 37.7 Å². The molecule has 0 aromatic rings. The van der Waals surface area contributed by atoms with E-state index in [2.05, 4.69) is 5.32 Å². The number of Topliss-reactive ketones (excluding diaryl/α,β-unsaturated/α-hetero) is 1. The summed E-state index contributed by atoms with van der Waals surface area (Å²) < 4.78 is 0. The first-order chi connectivity index (χ1) is 7.97. The lowest BCUT2D eigenvalue weighted by molar-refractivity contribution is -0.140. The second-order valence-electron chi connectivity index (χ2n) is 3.49. The van der Waals surface area contributed by atoms with Gasteiger partial charge in [0.05, 0.1) is 13.0 Å². The molecule has 0 unspecified atom stereocenters. The fourth-order valence-electron chi connectivity index (χ4n) is 1.12. The number of carbonyl (C=O) groups is 3. The van der Waals surface area contributed by atoms with Crippen LogP contribution in [0.1, 0.15) is 19.3 Å². The van der Waals surface area contributed by atoms with Gasteiger partial charge >= 0.3 is 11.9 Å². The summed E-state index contributed by atoms with van der Waals surface area (Å²) in [6.45, 7) is -0.0986. The average Bonchev–Trinajstić information content (AvgIpc) is 2.25. The lowest BCUT2D eigenvalue weighted by Gasteiger charge is -2.12. The molecule has 0 spiro atoms. The smallest absolute Gasteiger partial charge is 0.320 e. The molecular weight excluding hydrogens is 314 g/mol. The van der Waals surface area contributed by atoms with Gasteiger partial charge in [0.25, 0.3) is 0 Å². The van der Waals surface area contributed by atoms with Crippen molar-refractivity contribution in [2.75, 3.05) is 18.6 Å². The van der Waals surface area contributed by atoms with E-state index in [-0.39, 0.29) is 51.1 Å². The Balaban J connectivity index is -0.00000128. The van der Waals surface area contributed by atoms with E-state index in [0.29, 0.717) is 12.2 Å². The van der Waals surface area contributed by atoms with Crippen LogP contribution in [0.4, 0.5) is 0 Å². The van der Waals surface area contributed by atoms with Crippen LogP contribution in [0.15, 0.2) is 0 Å². The highest BCUT2D eigenvalue weighted by molar-refractivity contribution is 7.98. The van der Waals surface area contributed by atoms with Gasteiger partial charge in [-0.25, -0.2) is 0 Å². The second kappa shape index (κ2) is 14.0. The first kappa shape index (κ1) is 23.6. The quantitative estimate of drug-likeness (QED) is 0.542. The molecule has 0 aliphatic heterocycles. The maximum absolute atomic E-state index is 11.2. The molecule has 0 aromatic heterocycles. The van der Waals surface area contributed by atoms with Gasteiger partial charge in [-0.2, -0.15) is 25.3 Å². The molecule has 0 radical (unpaired) electrons. The number of carbonyl (C=O) groups excluding carboxylic acids is 1. The number of ketones is 1. The van der Waals surface area contributed by atoms with E-state index in [9.17, 15) is 14.4 Å². The van der Waals surface area contributed by atoms with Crippen LogP contribution in [-0.4, -0.2) is 52.5 Å². The molecule has 0 aliphatic carbocycles. The summed E-state index contributed by atoms with van der Waals surface area (Å²) in [7, 11) is 0. The lowest BCUT2D eigenvalue weighted by atomic mass is 10.2. The molecule has 0 rings (SSSR count). The summed E-state index contributed by atoms with van der Waals surface area (Å²) in [5, 5.41) is 19.9. The van der Waals surface area contributed by atoms with E-state index < -0.39 is 18.0 Å². The predicted octanol–water partition coefficient (Wildman–Crippen LogP) is 0.751. The number of halogens is 1. The molecule has 0 saturated carbocycles. The Hall–Kier alpha value is -0.440. The molecule has 1 atom stereocenters. The van der Waals surface area contributed by atoms with E-state index in [0.717, 1.165) is 0 Å². The molecule has 0 aliphatic rings. The summed E-state index contributed by atoms with van der Waals surface area (Å²) in [6.07, 6.45) is 2.01. The van der Waals surface area contributed by atoms with Crippen LogP contribution in [-0.2, 0) is 14.4 Å². The number of carboxylic acid groups (broad SMARTS) is 2. The highest BCUT2D eigenvalue weighted by Gasteiger charge is 2.17. The number of hydrogen-bond donors (Lipinski definition) is 3. The Bertz CT molecular complexity index is 291. The molecule has 0 heterocycles. The molecule has 0 bridgehead atoms. The van der Waals surface area contributed by atoms with E-state index in [1.807, 2.05) is 6.26 Å². The van der Waals surface area contributed by atoms with Crippen molar-refractivity contribution in [2.24, 2.45) is 0 Å². The van der Waals surface area contributed by atoms with Gasteiger partial charge in [0.15, 0.2) is 0 Å². The maximum atomic E-state index is 11.2. The molecule has 9 heteroatoms. The predicted molar refractivity (Wildman–Crippen MR) is 81.9 cm³/mol. The Kier molecular flexibility index (Phi) is 17.4. The standard InChI is InChI=1S/C10H17NO5S.ClH.H2S/c1-17-5-4-8(10(15)16)11-6-7(12)2-3-9(13)14;;/h8,11H,2-6H2,1H3,(H,13,14)(H,15,16);1H;1H2/t8-;;/m0../s1. The first-order valence-electron chi connectivity index (χ1n) is 5.16. The van der Waals surface area contributed by atoms with Gasteiger partial charge < -0.3 is 10.2 Å². The number of aliphatic carboxylic acids is 2. The van der Waals surface area contributed by atoms with Crippen molar-refractivity contribution in [3.05, 3.63) is 0 Å². The summed E-state index contributed by atoms with van der Waals surface area (Å²) in [6, 6.07) is -0.753. The minimum absolute atomic E-state index is 0. The number of nitrogens with one attached hydrogen (secondary N) is 1. The van der Waals surface area contributed by atoms with Gasteiger partial charge in [-0.05, 0) is 18.4 Å². The van der Waals surface area contributed by atoms with Crippen LogP contribution in [0.2, 0.25) is 0 Å². The van der Waals surface area contributed by atoms with Gasteiger partial charge in [0, 0.05) is 6.42 Å². The minimum atomic E-state index is -1.03. The van der Waals surface area contributed by atoms with Crippen molar-refractivity contribution in [3.8, 4) is 0 Å². The number of hydrogen-bond acceptors (Lipinski definition) is 5. The highest BCUT2D eigenvalue weighted by atomic mass is 35.5. The van der Waals surface area contributed by atoms with Gasteiger partial charge in [-0.15, -0.1) is 12.4 Å². The number of thioether (sulfide) groups is 1. The van der Waals surface area contributed by atoms with Crippen molar-refractivity contribution in [1.82, 2.24) is 5.32 Å². The minimum Gasteiger partial charge on any atom is -0.481 e. The van der Waals surface area contributed by atoms with E-state index in [1.165, 1.54) is 11.8 Å². The molecule has 0 saturated heterocycles. The Labute approximate surface area is 129 Å². The Morgan fingerprint density at radius 3 is 2.21 bits per heavy atom. The topological polar surface area (TPSA) is 104 Å². The summed E-state index contributed by atoms with van der Waals surface area (Å²) in [5.74, 6) is -1.63. The molecule has 114 valence electrons. The molecule has 0 amide bonds. The van der Waals surface area contributed by atoms with Crippen molar-refractivity contribution in [3.63, 3.8) is 0 Å². The van der Waals surface area contributed by atoms with Crippen LogP contribution in [0, 0.1) is 0 Å². The highest BCUT2D eigenvalue weighted by Crippen LogP contribution is 2.01. The molecule has 19 heavy (non-hydrogen) atoms. The normalized spacial score (nSPS) is 10.8. The second-order valence-corrected chi connectivity index (χ2v) is 4.47. The zero-order valence-electron chi connectivity index (χ0n) is 10.5.